The smallest absolute Gasteiger partial charge is 0.410 e. The minimum absolute atomic E-state index is 0.119. The highest BCUT2D eigenvalue weighted by atomic mass is 32.2. The van der Waals surface area contributed by atoms with E-state index in [4.69, 9.17) is 4.74 Å². The molecule has 2 amide bonds. The number of amides is 2. The molecule has 9 nitrogen and oxygen atoms in total. The number of sulfonamides is 1. The highest BCUT2D eigenvalue weighted by Crippen LogP contribution is 2.43. The fourth-order valence-corrected chi connectivity index (χ4v) is 6.99. The predicted octanol–water partition coefficient (Wildman–Crippen LogP) is 3.18. The molecule has 206 valence electrons. The molecule has 2 fully saturated rings. The molecule has 4 rings (SSSR count). The Labute approximate surface area is 219 Å². The van der Waals surface area contributed by atoms with Crippen LogP contribution in [0.3, 0.4) is 0 Å². The van der Waals surface area contributed by atoms with Crippen LogP contribution in [0.4, 0.5) is 14.9 Å². The molecule has 3 aliphatic heterocycles. The summed E-state index contributed by atoms with van der Waals surface area (Å²) in [6.45, 7) is 13.9. The molecule has 2 saturated heterocycles. The first-order valence-corrected chi connectivity index (χ1v) is 14.4. The van der Waals surface area contributed by atoms with Crippen LogP contribution in [0.5, 0.6) is 0 Å². The van der Waals surface area contributed by atoms with E-state index < -0.39 is 26.9 Å². The summed E-state index contributed by atoms with van der Waals surface area (Å²) in [5.74, 6) is -0.957. The van der Waals surface area contributed by atoms with E-state index in [9.17, 15) is 18.0 Å². The molecule has 3 aliphatic rings. The molecule has 0 N–H and O–H groups in total. The van der Waals surface area contributed by atoms with Gasteiger partial charge < -0.3 is 14.5 Å². The van der Waals surface area contributed by atoms with Crippen molar-refractivity contribution in [2.24, 2.45) is 0 Å². The lowest BCUT2D eigenvalue weighted by Crippen LogP contribution is -2.56. The number of carbonyl (C=O) groups excluding carboxylic acids is 2. The molecule has 11 heteroatoms. The molecule has 37 heavy (non-hydrogen) atoms. The fraction of sp³-hybridized carbons (Fsp3) is 0.692. The van der Waals surface area contributed by atoms with Crippen LogP contribution in [0.25, 0.3) is 0 Å². The van der Waals surface area contributed by atoms with Crippen LogP contribution in [0.1, 0.15) is 59.9 Å². The Hall–Kier alpha value is -2.24. The van der Waals surface area contributed by atoms with Crippen molar-refractivity contribution in [2.45, 2.75) is 76.3 Å². The number of benzene rings is 1. The number of anilines is 1. The number of piperazine rings is 1. The minimum atomic E-state index is -3.98. The van der Waals surface area contributed by atoms with Gasteiger partial charge in [0.15, 0.2) is 0 Å². The van der Waals surface area contributed by atoms with Gasteiger partial charge in [0.05, 0.1) is 6.54 Å². The van der Waals surface area contributed by atoms with Crippen molar-refractivity contribution in [1.29, 1.82) is 0 Å². The average molecular weight is 539 g/mol. The molecule has 0 spiro atoms. The Bertz CT molecular complexity index is 1170. The van der Waals surface area contributed by atoms with Crippen molar-refractivity contribution >= 4 is 27.7 Å². The number of ether oxygens (including phenoxy) is 1. The number of carbonyl (C=O) groups is 2. The predicted molar refractivity (Wildman–Crippen MR) is 139 cm³/mol. The van der Waals surface area contributed by atoms with Crippen LogP contribution in [-0.4, -0.2) is 92.0 Å². The summed E-state index contributed by atoms with van der Waals surface area (Å²) in [6, 6.07) is 2.49. The lowest BCUT2D eigenvalue weighted by molar-refractivity contribution is -0.120. The van der Waals surface area contributed by atoms with Gasteiger partial charge in [-0.25, -0.2) is 17.6 Å². The Balaban J connectivity index is 1.51. The fourth-order valence-electron chi connectivity index (χ4n) is 5.41. The first kappa shape index (κ1) is 27.8. The van der Waals surface area contributed by atoms with E-state index >= 15 is 4.39 Å². The van der Waals surface area contributed by atoms with Crippen LogP contribution < -0.4 is 4.90 Å². The number of nitrogens with zero attached hydrogens (tertiary/aromatic N) is 4. The molecule has 0 radical (unpaired) electrons. The topological polar surface area (TPSA) is 90.5 Å². The van der Waals surface area contributed by atoms with E-state index in [1.165, 1.54) is 16.4 Å². The van der Waals surface area contributed by atoms with E-state index in [1.807, 2.05) is 46.4 Å². The van der Waals surface area contributed by atoms with Crippen LogP contribution in [0.2, 0.25) is 0 Å². The Morgan fingerprint density at radius 3 is 2.35 bits per heavy atom. The second kappa shape index (κ2) is 9.81. The van der Waals surface area contributed by atoms with Crippen molar-refractivity contribution < 1.29 is 27.1 Å². The summed E-state index contributed by atoms with van der Waals surface area (Å²) in [5, 5.41) is 0. The third-order valence-electron chi connectivity index (χ3n) is 7.31. The highest BCUT2D eigenvalue weighted by molar-refractivity contribution is 7.89. The van der Waals surface area contributed by atoms with Crippen molar-refractivity contribution in [1.82, 2.24) is 14.1 Å². The maximum atomic E-state index is 15.1. The summed E-state index contributed by atoms with van der Waals surface area (Å²) >= 11 is 0. The first-order chi connectivity index (χ1) is 17.1. The van der Waals surface area contributed by atoms with Gasteiger partial charge >= 0.3 is 6.09 Å². The summed E-state index contributed by atoms with van der Waals surface area (Å²) in [6.07, 6.45) is 1.14. The van der Waals surface area contributed by atoms with E-state index in [1.54, 1.807) is 9.80 Å². The SMILES string of the molecule is C[C@@H]1CN(CC(=O)N2CC(C)(C)c3cc(F)c(S(=O)(=O)N4CCCC4)cc32)CCN1C(=O)OC(C)(C)C. The van der Waals surface area contributed by atoms with Crippen LogP contribution in [0.15, 0.2) is 17.0 Å². The monoisotopic (exact) mass is 538 g/mol. The average Bonchev–Trinajstić information content (AvgIpc) is 3.39. The minimum Gasteiger partial charge on any atom is -0.444 e. The van der Waals surface area contributed by atoms with Crippen LogP contribution >= 0.6 is 0 Å². The van der Waals surface area contributed by atoms with Gasteiger partial charge in [0.25, 0.3) is 0 Å². The van der Waals surface area contributed by atoms with Crippen molar-refractivity contribution in [3.05, 3.63) is 23.5 Å². The zero-order valence-electron chi connectivity index (χ0n) is 22.7. The van der Waals surface area contributed by atoms with E-state index in [-0.39, 0.29) is 29.5 Å². The van der Waals surface area contributed by atoms with Gasteiger partial charge in [0.1, 0.15) is 16.3 Å². The molecule has 0 aromatic heterocycles. The third-order valence-corrected chi connectivity index (χ3v) is 9.22. The summed E-state index contributed by atoms with van der Waals surface area (Å²) in [4.78, 5) is 30.9. The van der Waals surface area contributed by atoms with E-state index in [2.05, 4.69) is 0 Å². The lowest BCUT2D eigenvalue weighted by Gasteiger charge is -2.40. The van der Waals surface area contributed by atoms with Gasteiger partial charge in [0.2, 0.25) is 15.9 Å². The van der Waals surface area contributed by atoms with Gasteiger partial charge in [-0.2, -0.15) is 4.31 Å². The van der Waals surface area contributed by atoms with Gasteiger partial charge in [-0.3, -0.25) is 9.69 Å². The van der Waals surface area contributed by atoms with E-state index in [0.717, 1.165) is 12.8 Å². The molecular weight excluding hydrogens is 499 g/mol. The summed E-state index contributed by atoms with van der Waals surface area (Å²) < 4.78 is 48.2. The number of halogens is 1. The second-order valence-electron chi connectivity index (χ2n) is 12.0. The van der Waals surface area contributed by atoms with Crippen molar-refractivity contribution in [3.63, 3.8) is 0 Å². The Morgan fingerprint density at radius 1 is 1.11 bits per heavy atom. The Morgan fingerprint density at radius 2 is 1.76 bits per heavy atom. The molecular formula is C26H39FN4O5S. The van der Waals surface area contributed by atoms with Gasteiger partial charge in [-0.05, 0) is 58.2 Å². The quantitative estimate of drug-likeness (QED) is 0.585. The summed E-state index contributed by atoms with van der Waals surface area (Å²) in [5.41, 5.74) is -0.0262. The number of fused-ring (bicyclic) bond motifs is 1. The zero-order chi connectivity index (χ0) is 27.3. The molecule has 0 aliphatic carbocycles. The van der Waals surface area contributed by atoms with Crippen LogP contribution in [0, 0.1) is 5.82 Å². The lowest BCUT2D eigenvalue weighted by atomic mass is 9.87. The first-order valence-electron chi connectivity index (χ1n) is 13.0. The highest BCUT2D eigenvalue weighted by Gasteiger charge is 2.42. The molecule has 1 aromatic carbocycles. The normalized spacial score (nSPS) is 22.8. The molecule has 1 aromatic rings. The maximum absolute atomic E-state index is 15.1. The molecule has 0 bridgehead atoms. The largest absolute Gasteiger partial charge is 0.444 e. The zero-order valence-corrected chi connectivity index (χ0v) is 23.5. The number of hydrogen-bond donors (Lipinski definition) is 0. The molecule has 3 heterocycles. The van der Waals surface area contributed by atoms with E-state index in [0.29, 0.717) is 50.5 Å². The molecule has 0 saturated carbocycles. The Kier molecular flexibility index (Phi) is 7.37. The standard InChI is InChI=1S/C26H39FN4O5S/c1-18-15-28(11-12-30(18)24(33)36-25(2,3)4)16-23(32)31-17-26(5,6)19-13-20(27)22(14-21(19)31)37(34,35)29-9-7-8-10-29/h13-14,18H,7-12,15-17H2,1-6H3/t18-/m1/s1. The van der Waals surface area contributed by atoms with Crippen LogP contribution in [-0.2, 0) is 25.0 Å². The number of hydrogen-bond acceptors (Lipinski definition) is 6. The van der Waals surface area contributed by atoms with Gasteiger partial charge in [0, 0.05) is 56.4 Å². The summed E-state index contributed by atoms with van der Waals surface area (Å²) in [7, 11) is -3.98. The van der Waals surface area contributed by atoms with Crippen molar-refractivity contribution in [3.8, 4) is 0 Å². The van der Waals surface area contributed by atoms with Crippen molar-refractivity contribution in [2.75, 3.05) is 50.7 Å². The van der Waals surface area contributed by atoms with Gasteiger partial charge in [-0.1, -0.05) is 13.8 Å². The molecule has 0 unspecified atom stereocenters. The molecule has 1 atom stereocenters. The maximum Gasteiger partial charge on any atom is 0.410 e. The second-order valence-corrected chi connectivity index (χ2v) is 13.9. The number of rotatable bonds is 4. The van der Waals surface area contributed by atoms with Gasteiger partial charge in [-0.15, -0.1) is 0 Å². The third kappa shape index (κ3) is 5.63.